The molecule has 1 aliphatic rings. The van der Waals surface area contributed by atoms with Crippen LogP contribution in [0.1, 0.15) is 45.7 Å². The van der Waals surface area contributed by atoms with Crippen LogP contribution >= 0.6 is 0 Å². The van der Waals surface area contributed by atoms with Crippen LogP contribution in [0.25, 0.3) is 11.1 Å². The number of nitrogens with one attached hydrogen (secondary N) is 2. The van der Waals surface area contributed by atoms with Gasteiger partial charge in [-0.1, -0.05) is 35.9 Å². The molecule has 1 aliphatic heterocycles. The molecule has 0 saturated carbocycles. The first-order chi connectivity index (χ1) is 21.4. The number of anilines is 3. The molecule has 2 amide bonds. The predicted molar refractivity (Wildman–Crippen MR) is 171 cm³/mol. The van der Waals surface area contributed by atoms with E-state index < -0.39 is 22.3 Å². The summed E-state index contributed by atoms with van der Waals surface area (Å²) in [6.45, 7) is 5.36. The molecule has 0 saturated heterocycles. The number of amides is 2. The third-order valence-corrected chi connectivity index (χ3v) is 7.63. The average Bonchev–Trinajstić information content (AvgIpc) is 3.02. The van der Waals surface area contributed by atoms with Crippen molar-refractivity contribution < 1.29 is 28.8 Å². The van der Waals surface area contributed by atoms with E-state index in [4.69, 9.17) is 9.47 Å². The summed E-state index contributed by atoms with van der Waals surface area (Å²) >= 11 is 0. The Morgan fingerprint density at radius 3 is 2.38 bits per heavy atom. The maximum atomic E-state index is 13.3. The lowest BCUT2D eigenvalue weighted by atomic mass is 9.91. The van der Waals surface area contributed by atoms with Crippen LogP contribution in [-0.2, 0) is 16.1 Å². The number of methoxy groups -OCH3 is 1. The number of benzene rings is 4. The van der Waals surface area contributed by atoms with E-state index in [-0.39, 0.29) is 23.8 Å². The van der Waals surface area contributed by atoms with Crippen molar-refractivity contribution in [2.24, 2.45) is 0 Å². The van der Waals surface area contributed by atoms with E-state index in [1.165, 1.54) is 25.3 Å². The van der Waals surface area contributed by atoms with Crippen LogP contribution in [0.4, 0.5) is 22.7 Å². The van der Waals surface area contributed by atoms with Crippen LogP contribution in [0.15, 0.2) is 78.9 Å². The standard InChI is InChI=1S/C34H32N4O7/c1-20-10-12-21(13-11-20)32(40)45-19-26-23(16-17-27-30(26)37(4)33(41)34(2,3)36-27)24-15-14-22(18-29(24)44-5)35-31(39)25-8-6-7-9-28(25)38(42)43/h6-18,36H,19H2,1-5H3,(H,35,39). The SMILES string of the molecule is COc1cc(NC(=O)c2ccccc2[N+](=O)[O-])ccc1-c1ccc2c(c1COC(=O)c1ccc(C)cc1)N(C)C(=O)C(C)(C)N2. The first-order valence-corrected chi connectivity index (χ1v) is 14.1. The summed E-state index contributed by atoms with van der Waals surface area (Å²) in [7, 11) is 3.15. The zero-order chi connectivity index (χ0) is 32.5. The van der Waals surface area contributed by atoms with Crippen molar-refractivity contribution in [1.29, 1.82) is 0 Å². The maximum Gasteiger partial charge on any atom is 0.338 e. The highest BCUT2D eigenvalue weighted by Crippen LogP contribution is 2.44. The van der Waals surface area contributed by atoms with E-state index in [2.05, 4.69) is 10.6 Å². The Bertz CT molecular complexity index is 1830. The van der Waals surface area contributed by atoms with Gasteiger partial charge in [0.2, 0.25) is 0 Å². The lowest BCUT2D eigenvalue weighted by molar-refractivity contribution is -0.385. The van der Waals surface area contributed by atoms with Gasteiger partial charge in [0.05, 0.1) is 29.0 Å². The molecule has 45 heavy (non-hydrogen) atoms. The largest absolute Gasteiger partial charge is 0.496 e. The van der Waals surface area contributed by atoms with E-state index in [0.29, 0.717) is 45.1 Å². The number of nitro benzene ring substituents is 1. The summed E-state index contributed by atoms with van der Waals surface area (Å²) < 4.78 is 11.5. The Labute approximate surface area is 259 Å². The topological polar surface area (TPSA) is 140 Å². The smallest absolute Gasteiger partial charge is 0.338 e. The van der Waals surface area contributed by atoms with E-state index in [0.717, 1.165) is 5.56 Å². The number of likely N-dealkylation sites (N-methyl/N-ethyl adjacent to an activating group) is 1. The fourth-order valence-corrected chi connectivity index (χ4v) is 5.36. The summed E-state index contributed by atoms with van der Waals surface area (Å²) in [5, 5.41) is 17.4. The molecule has 0 bridgehead atoms. The summed E-state index contributed by atoms with van der Waals surface area (Å²) in [6, 6.07) is 21.4. The van der Waals surface area contributed by atoms with Crippen LogP contribution < -0.4 is 20.3 Å². The lowest BCUT2D eigenvalue weighted by Crippen LogP contribution is -2.52. The van der Waals surface area contributed by atoms with Gasteiger partial charge in [-0.15, -0.1) is 0 Å². The van der Waals surface area contributed by atoms with Crippen molar-refractivity contribution >= 4 is 40.5 Å². The molecular weight excluding hydrogens is 576 g/mol. The van der Waals surface area contributed by atoms with Crippen molar-refractivity contribution in [2.45, 2.75) is 32.9 Å². The number of hydrogen-bond acceptors (Lipinski definition) is 8. The number of nitrogens with zero attached hydrogens (tertiary/aromatic N) is 2. The lowest BCUT2D eigenvalue weighted by Gasteiger charge is -2.39. The zero-order valence-electron chi connectivity index (χ0n) is 25.5. The minimum absolute atomic E-state index is 0.0824. The first-order valence-electron chi connectivity index (χ1n) is 14.1. The molecular formula is C34H32N4O7. The first kappa shape index (κ1) is 30.7. The Hall–Kier alpha value is -5.71. The van der Waals surface area contributed by atoms with Crippen molar-refractivity contribution in [2.75, 3.05) is 29.7 Å². The summed E-state index contributed by atoms with van der Waals surface area (Å²) in [5.41, 5.74) is 3.57. The highest BCUT2D eigenvalue weighted by molar-refractivity contribution is 6.09. The monoisotopic (exact) mass is 608 g/mol. The molecule has 5 rings (SSSR count). The Morgan fingerprint density at radius 2 is 1.69 bits per heavy atom. The van der Waals surface area contributed by atoms with Gasteiger partial charge in [0, 0.05) is 36.0 Å². The van der Waals surface area contributed by atoms with Gasteiger partial charge in [-0.05, 0) is 62.7 Å². The number of para-hydroxylation sites is 1. The molecule has 0 aromatic heterocycles. The van der Waals surface area contributed by atoms with Gasteiger partial charge < -0.3 is 25.0 Å². The number of fused-ring (bicyclic) bond motifs is 1. The second kappa shape index (κ2) is 12.1. The molecule has 0 radical (unpaired) electrons. The van der Waals surface area contributed by atoms with Crippen molar-refractivity contribution in [3.63, 3.8) is 0 Å². The molecule has 230 valence electrons. The number of hydrogen-bond donors (Lipinski definition) is 2. The second-order valence-electron chi connectivity index (χ2n) is 11.2. The highest BCUT2D eigenvalue weighted by atomic mass is 16.6. The summed E-state index contributed by atoms with van der Waals surface area (Å²) in [6.07, 6.45) is 0. The molecule has 2 N–H and O–H groups in total. The number of rotatable bonds is 8. The molecule has 11 heteroatoms. The third kappa shape index (κ3) is 6.05. The van der Waals surface area contributed by atoms with Crippen LogP contribution in [0.3, 0.4) is 0 Å². The van der Waals surface area contributed by atoms with Crippen LogP contribution in [0.2, 0.25) is 0 Å². The molecule has 0 aliphatic carbocycles. The molecule has 4 aromatic carbocycles. The summed E-state index contributed by atoms with van der Waals surface area (Å²) in [4.78, 5) is 51.7. The van der Waals surface area contributed by atoms with Gasteiger partial charge >= 0.3 is 5.97 Å². The van der Waals surface area contributed by atoms with E-state index in [1.54, 1.807) is 62.2 Å². The van der Waals surface area contributed by atoms with Crippen LogP contribution in [0, 0.1) is 17.0 Å². The Morgan fingerprint density at radius 1 is 1.00 bits per heavy atom. The minimum Gasteiger partial charge on any atom is -0.496 e. The van der Waals surface area contributed by atoms with Crippen molar-refractivity contribution in [3.8, 4) is 16.9 Å². The van der Waals surface area contributed by atoms with Gasteiger partial charge in [0.1, 0.15) is 23.5 Å². The second-order valence-corrected chi connectivity index (χ2v) is 11.2. The molecule has 0 fully saturated rings. The normalized spacial score (nSPS) is 13.4. The van der Waals surface area contributed by atoms with Gasteiger partial charge in [0.25, 0.3) is 17.5 Å². The molecule has 0 atom stereocenters. The molecule has 0 spiro atoms. The van der Waals surface area contributed by atoms with Crippen molar-refractivity contribution in [1.82, 2.24) is 0 Å². The van der Waals surface area contributed by atoms with Crippen molar-refractivity contribution in [3.05, 3.63) is 111 Å². The molecule has 1 heterocycles. The number of esters is 1. The zero-order valence-corrected chi connectivity index (χ0v) is 25.5. The fourth-order valence-electron chi connectivity index (χ4n) is 5.36. The fraction of sp³-hybridized carbons (Fsp3) is 0.206. The van der Waals surface area contributed by atoms with E-state index in [1.807, 2.05) is 31.2 Å². The quantitative estimate of drug-likeness (QED) is 0.134. The van der Waals surface area contributed by atoms with Gasteiger partial charge in [-0.25, -0.2) is 4.79 Å². The highest BCUT2D eigenvalue weighted by Gasteiger charge is 2.39. The average molecular weight is 609 g/mol. The summed E-state index contributed by atoms with van der Waals surface area (Å²) in [5.74, 6) is -0.960. The minimum atomic E-state index is -0.857. The maximum absolute atomic E-state index is 13.3. The predicted octanol–water partition coefficient (Wildman–Crippen LogP) is 6.36. The Balaban J connectivity index is 1.54. The number of aryl methyl sites for hydroxylation is 1. The van der Waals surface area contributed by atoms with Gasteiger partial charge in [0.15, 0.2) is 0 Å². The molecule has 11 nitrogen and oxygen atoms in total. The number of nitro groups is 1. The number of carbonyl (C=O) groups excluding carboxylic acids is 3. The number of carbonyl (C=O) groups is 3. The Kier molecular flexibility index (Phi) is 8.28. The molecule has 4 aromatic rings. The van der Waals surface area contributed by atoms with E-state index in [9.17, 15) is 24.5 Å². The van der Waals surface area contributed by atoms with Crippen LogP contribution in [0.5, 0.6) is 5.75 Å². The third-order valence-electron chi connectivity index (χ3n) is 7.63. The van der Waals surface area contributed by atoms with E-state index >= 15 is 0 Å². The van der Waals surface area contributed by atoms with Gasteiger partial charge in [-0.2, -0.15) is 0 Å². The van der Waals surface area contributed by atoms with Crippen LogP contribution in [-0.4, -0.2) is 42.4 Å². The molecule has 0 unspecified atom stereocenters. The van der Waals surface area contributed by atoms with Gasteiger partial charge in [-0.3, -0.25) is 19.7 Å². The number of ether oxygens (including phenoxy) is 2.